The van der Waals surface area contributed by atoms with Crippen LogP contribution < -0.4 is 0 Å². The van der Waals surface area contributed by atoms with Crippen molar-refractivity contribution in [1.82, 2.24) is 19.7 Å². The molecule has 1 atom stereocenters. The summed E-state index contributed by atoms with van der Waals surface area (Å²) < 4.78 is 7.33. The first kappa shape index (κ1) is 14.2. The van der Waals surface area contributed by atoms with Crippen molar-refractivity contribution in [3.63, 3.8) is 0 Å². The molecule has 1 aliphatic heterocycles. The smallest absolute Gasteiger partial charge is 0.265 e. The van der Waals surface area contributed by atoms with E-state index >= 15 is 0 Å². The number of hydrogen-bond acceptors (Lipinski definition) is 5. The molecule has 3 heterocycles. The van der Waals surface area contributed by atoms with Gasteiger partial charge in [-0.1, -0.05) is 6.92 Å². The van der Waals surface area contributed by atoms with Crippen molar-refractivity contribution < 1.29 is 9.53 Å². The van der Waals surface area contributed by atoms with Gasteiger partial charge in [-0.15, -0.1) is 11.3 Å². The standard InChI is InChI=1S/C14H18N4O2S/c1-3-11-9-18(4-5-20-11)14(19)12-7-15-13(21-12)10-6-16-17(2)8-10/h6-8,11H,3-5,9H2,1-2H3/t11-/m0/s1. The molecule has 0 N–H and O–H groups in total. The van der Waals surface area contributed by atoms with Crippen molar-refractivity contribution in [2.75, 3.05) is 19.7 Å². The lowest BCUT2D eigenvalue weighted by atomic mass is 10.2. The van der Waals surface area contributed by atoms with Gasteiger partial charge in [0.15, 0.2) is 0 Å². The molecule has 112 valence electrons. The summed E-state index contributed by atoms with van der Waals surface area (Å²) in [6.07, 6.45) is 6.39. The van der Waals surface area contributed by atoms with Gasteiger partial charge in [-0.25, -0.2) is 4.98 Å². The van der Waals surface area contributed by atoms with E-state index in [2.05, 4.69) is 17.0 Å². The Morgan fingerprint density at radius 3 is 3.10 bits per heavy atom. The first-order valence-electron chi connectivity index (χ1n) is 7.03. The molecule has 0 aliphatic carbocycles. The number of carbonyl (C=O) groups is 1. The van der Waals surface area contributed by atoms with Crippen molar-refractivity contribution in [2.24, 2.45) is 7.05 Å². The molecule has 1 saturated heterocycles. The van der Waals surface area contributed by atoms with Gasteiger partial charge in [-0.2, -0.15) is 5.10 Å². The van der Waals surface area contributed by atoms with Gasteiger partial charge in [-0.05, 0) is 6.42 Å². The first-order valence-corrected chi connectivity index (χ1v) is 7.84. The van der Waals surface area contributed by atoms with E-state index in [1.54, 1.807) is 17.1 Å². The lowest BCUT2D eigenvalue weighted by Crippen LogP contribution is -2.45. The molecule has 3 rings (SSSR count). The number of rotatable bonds is 3. The molecule has 7 heteroatoms. The number of amides is 1. The molecule has 1 aliphatic rings. The Labute approximate surface area is 127 Å². The summed E-state index contributed by atoms with van der Waals surface area (Å²) in [5.41, 5.74) is 0.940. The van der Waals surface area contributed by atoms with Crippen LogP contribution in [-0.4, -0.2) is 51.4 Å². The van der Waals surface area contributed by atoms with E-state index < -0.39 is 0 Å². The number of aryl methyl sites for hydroxylation is 1. The molecule has 0 saturated carbocycles. The molecule has 0 bridgehead atoms. The lowest BCUT2D eigenvalue weighted by Gasteiger charge is -2.32. The highest BCUT2D eigenvalue weighted by atomic mass is 32.1. The minimum Gasteiger partial charge on any atom is -0.375 e. The zero-order valence-corrected chi connectivity index (χ0v) is 13.0. The highest BCUT2D eigenvalue weighted by Gasteiger charge is 2.25. The van der Waals surface area contributed by atoms with Crippen molar-refractivity contribution in [1.29, 1.82) is 0 Å². The van der Waals surface area contributed by atoms with Gasteiger partial charge in [0, 0.05) is 31.9 Å². The maximum Gasteiger partial charge on any atom is 0.265 e. The minimum atomic E-state index is 0.0457. The predicted octanol–water partition coefficient (Wildman–Crippen LogP) is 1.79. The third kappa shape index (κ3) is 2.98. The van der Waals surface area contributed by atoms with E-state index in [1.165, 1.54) is 11.3 Å². The van der Waals surface area contributed by atoms with Crippen molar-refractivity contribution in [2.45, 2.75) is 19.4 Å². The SMILES string of the molecule is CC[C@H]1CN(C(=O)c2cnc(-c3cnn(C)c3)s2)CCO1. The van der Waals surface area contributed by atoms with Crippen molar-refractivity contribution in [3.05, 3.63) is 23.5 Å². The Bertz CT molecular complexity index is 636. The molecular formula is C14H18N4O2S. The second-order valence-electron chi connectivity index (χ2n) is 5.08. The Morgan fingerprint density at radius 1 is 1.52 bits per heavy atom. The van der Waals surface area contributed by atoms with E-state index in [-0.39, 0.29) is 12.0 Å². The van der Waals surface area contributed by atoms with E-state index in [4.69, 9.17) is 4.74 Å². The molecule has 0 aromatic carbocycles. The quantitative estimate of drug-likeness (QED) is 0.867. The molecule has 21 heavy (non-hydrogen) atoms. The van der Waals surface area contributed by atoms with Gasteiger partial charge in [0.05, 0.1) is 25.1 Å². The Kier molecular flexibility index (Phi) is 4.03. The number of morpholine rings is 1. The summed E-state index contributed by atoms with van der Waals surface area (Å²) in [6, 6.07) is 0. The van der Waals surface area contributed by atoms with Crippen LogP contribution in [-0.2, 0) is 11.8 Å². The average Bonchev–Trinajstić information content (AvgIpc) is 3.15. The summed E-state index contributed by atoms with van der Waals surface area (Å²) in [4.78, 5) is 19.4. The van der Waals surface area contributed by atoms with Crippen molar-refractivity contribution in [3.8, 4) is 10.6 Å². The fourth-order valence-corrected chi connectivity index (χ4v) is 3.20. The predicted molar refractivity (Wildman–Crippen MR) is 80.3 cm³/mol. The van der Waals surface area contributed by atoms with Gasteiger partial charge < -0.3 is 9.64 Å². The van der Waals surface area contributed by atoms with Crippen LogP contribution in [0.2, 0.25) is 0 Å². The average molecular weight is 306 g/mol. The van der Waals surface area contributed by atoms with E-state index in [9.17, 15) is 4.79 Å². The fourth-order valence-electron chi connectivity index (χ4n) is 2.34. The topological polar surface area (TPSA) is 60.2 Å². The van der Waals surface area contributed by atoms with Crippen LogP contribution in [0, 0.1) is 0 Å². The molecule has 0 unspecified atom stereocenters. The monoisotopic (exact) mass is 306 g/mol. The summed E-state index contributed by atoms with van der Waals surface area (Å²) >= 11 is 1.41. The third-order valence-electron chi connectivity index (χ3n) is 3.55. The Morgan fingerprint density at radius 2 is 2.38 bits per heavy atom. The second-order valence-corrected chi connectivity index (χ2v) is 6.12. The molecule has 0 spiro atoms. The number of thiazole rings is 1. The Balaban J connectivity index is 1.75. The highest BCUT2D eigenvalue weighted by Crippen LogP contribution is 2.26. The zero-order chi connectivity index (χ0) is 14.8. The van der Waals surface area contributed by atoms with Gasteiger partial charge in [0.2, 0.25) is 0 Å². The first-order chi connectivity index (χ1) is 10.2. The summed E-state index contributed by atoms with van der Waals surface area (Å²) in [7, 11) is 1.86. The second kappa shape index (κ2) is 5.95. The number of ether oxygens (including phenoxy) is 1. The summed E-state index contributed by atoms with van der Waals surface area (Å²) in [6.45, 7) is 4.00. The van der Waals surface area contributed by atoms with Crippen LogP contribution in [0.5, 0.6) is 0 Å². The number of aromatic nitrogens is 3. The Hall–Kier alpha value is -1.73. The van der Waals surface area contributed by atoms with Crippen LogP contribution in [0.3, 0.4) is 0 Å². The van der Waals surface area contributed by atoms with E-state index in [0.717, 1.165) is 17.0 Å². The van der Waals surface area contributed by atoms with Crippen LogP contribution in [0.1, 0.15) is 23.0 Å². The number of nitrogens with zero attached hydrogens (tertiary/aromatic N) is 4. The normalized spacial score (nSPS) is 19.0. The van der Waals surface area contributed by atoms with Gasteiger partial charge in [-0.3, -0.25) is 9.48 Å². The maximum atomic E-state index is 12.5. The molecule has 0 radical (unpaired) electrons. The summed E-state index contributed by atoms with van der Waals surface area (Å²) in [5.74, 6) is 0.0457. The minimum absolute atomic E-state index is 0.0457. The van der Waals surface area contributed by atoms with Gasteiger partial charge in [0.25, 0.3) is 5.91 Å². The van der Waals surface area contributed by atoms with E-state index in [0.29, 0.717) is 24.6 Å². The number of hydrogen-bond donors (Lipinski definition) is 0. The van der Waals surface area contributed by atoms with Crippen LogP contribution in [0.15, 0.2) is 18.6 Å². The lowest BCUT2D eigenvalue weighted by molar-refractivity contribution is -0.0224. The van der Waals surface area contributed by atoms with Gasteiger partial charge in [0.1, 0.15) is 9.88 Å². The largest absolute Gasteiger partial charge is 0.375 e. The molecule has 6 nitrogen and oxygen atoms in total. The fraction of sp³-hybridized carbons (Fsp3) is 0.500. The molecule has 1 amide bonds. The van der Waals surface area contributed by atoms with Crippen LogP contribution >= 0.6 is 11.3 Å². The highest BCUT2D eigenvalue weighted by molar-refractivity contribution is 7.16. The van der Waals surface area contributed by atoms with Crippen LogP contribution in [0.25, 0.3) is 10.6 Å². The number of carbonyl (C=O) groups excluding carboxylic acids is 1. The zero-order valence-electron chi connectivity index (χ0n) is 12.2. The van der Waals surface area contributed by atoms with Crippen LogP contribution in [0.4, 0.5) is 0 Å². The maximum absolute atomic E-state index is 12.5. The third-order valence-corrected chi connectivity index (χ3v) is 4.58. The van der Waals surface area contributed by atoms with Gasteiger partial charge >= 0.3 is 0 Å². The van der Waals surface area contributed by atoms with Crippen molar-refractivity contribution >= 4 is 17.2 Å². The van der Waals surface area contributed by atoms with E-state index in [1.807, 2.05) is 18.1 Å². The molecule has 1 fully saturated rings. The molecule has 2 aromatic heterocycles. The summed E-state index contributed by atoms with van der Waals surface area (Å²) in [5, 5.41) is 4.96. The molecule has 2 aromatic rings. The molecular weight excluding hydrogens is 288 g/mol.